The Morgan fingerprint density at radius 2 is 2.42 bits per heavy atom. The van der Waals surface area contributed by atoms with Gasteiger partial charge in [-0.05, 0) is 18.2 Å². The number of nitrogens with one attached hydrogen (secondary N) is 1. The van der Waals surface area contributed by atoms with Crippen molar-refractivity contribution in [1.29, 1.82) is 0 Å². The van der Waals surface area contributed by atoms with Gasteiger partial charge >= 0.3 is 0 Å². The van der Waals surface area contributed by atoms with E-state index in [-0.39, 0.29) is 37.2 Å². The Labute approximate surface area is 110 Å². The molecule has 5 nitrogen and oxygen atoms in total. The number of hydrogen-bond acceptors (Lipinski definition) is 4. The van der Waals surface area contributed by atoms with Crippen LogP contribution in [0.15, 0.2) is 18.2 Å². The fourth-order valence-electron chi connectivity index (χ4n) is 2.31. The Morgan fingerprint density at radius 3 is 3.05 bits per heavy atom. The summed E-state index contributed by atoms with van der Waals surface area (Å²) in [5, 5.41) is 11.9. The number of anilines is 1. The molecule has 2 atom stereocenters. The summed E-state index contributed by atoms with van der Waals surface area (Å²) < 4.78 is 19.2. The molecule has 19 heavy (non-hydrogen) atoms. The van der Waals surface area contributed by atoms with Gasteiger partial charge in [-0.3, -0.25) is 4.79 Å². The zero-order chi connectivity index (χ0) is 14.0. The van der Waals surface area contributed by atoms with E-state index in [9.17, 15) is 14.3 Å². The van der Waals surface area contributed by atoms with E-state index >= 15 is 0 Å². The van der Waals surface area contributed by atoms with Crippen LogP contribution >= 0.6 is 0 Å². The third-order valence-corrected chi connectivity index (χ3v) is 3.40. The van der Waals surface area contributed by atoms with Crippen LogP contribution in [0.3, 0.4) is 0 Å². The van der Waals surface area contributed by atoms with Crippen LogP contribution < -0.4 is 11.1 Å². The van der Waals surface area contributed by atoms with Crippen molar-refractivity contribution in [2.24, 2.45) is 11.7 Å². The number of hydrogen-bond donors (Lipinski definition) is 3. The highest BCUT2D eigenvalue weighted by Crippen LogP contribution is 2.35. The molecule has 4 N–H and O–H groups in total. The molecular formula is C13H17FN2O3. The van der Waals surface area contributed by atoms with E-state index in [1.54, 1.807) is 0 Å². The average Bonchev–Trinajstić information content (AvgIpc) is 2.73. The van der Waals surface area contributed by atoms with Gasteiger partial charge in [-0.25, -0.2) is 4.39 Å². The quantitative estimate of drug-likeness (QED) is 0.748. The van der Waals surface area contributed by atoms with Crippen LogP contribution in [0.4, 0.5) is 10.1 Å². The molecule has 0 bridgehead atoms. The molecule has 0 aliphatic carbocycles. The summed E-state index contributed by atoms with van der Waals surface area (Å²) in [6, 6.07) is 4.21. The summed E-state index contributed by atoms with van der Waals surface area (Å²) in [6.07, 6.45) is 0. The van der Waals surface area contributed by atoms with Crippen molar-refractivity contribution < 1.29 is 19.0 Å². The van der Waals surface area contributed by atoms with Gasteiger partial charge in [-0.15, -0.1) is 0 Å². The SMILES string of the molecule is CC(=O)Nc1ccc(F)c([C@]2(N)COC[C@H]2CO)c1. The van der Waals surface area contributed by atoms with Gasteiger partial charge in [0.1, 0.15) is 5.82 Å². The Balaban J connectivity index is 2.40. The van der Waals surface area contributed by atoms with Crippen LogP contribution in [0.2, 0.25) is 0 Å². The fraction of sp³-hybridized carbons (Fsp3) is 0.462. The summed E-state index contributed by atoms with van der Waals surface area (Å²) >= 11 is 0. The van der Waals surface area contributed by atoms with E-state index < -0.39 is 11.4 Å². The number of rotatable bonds is 3. The molecule has 1 fully saturated rings. The van der Waals surface area contributed by atoms with Gasteiger partial charge in [-0.1, -0.05) is 0 Å². The van der Waals surface area contributed by atoms with Crippen molar-refractivity contribution in [3.05, 3.63) is 29.6 Å². The lowest BCUT2D eigenvalue weighted by Crippen LogP contribution is -2.46. The number of aliphatic hydroxyl groups is 1. The van der Waals surface area contributed by atoms with Gasteiger partial charge in [0, 0.05) is 24.1 Å². The molecule has 0 saturated carbocycles. The monoisotopic (exact) mass is 268 g/mol. The molecule has 6 heteroatoms. The van der Waals surface area contributed by atoms with Crippen LogP contribution in [0.1, 0.15) is 12.5 Å². The molecule has 1 amide bonds. The molecule has 1 saturated heterocycles. The van der Waals surface area contributed by atoms with E-state index in [0.717, 1.165) is 0 Å². The fourth-order valence-corrected chi connectivity index (χ4v) is 2.31. The van der Waals surface area contributed by atoms with E-state index in [1.807, 2.05) is 0 Å². The molecule has 0 unspecified atom stereocenters. The summed E-state index contributed by atoms with van der Waals surface area (Å²) in [7, 11) is 0. The number of carbonyl (C=O) groups excluding carboxylic acids is 1. The van der Waals surface area contributed by atoms with E-state index in [0.29, 0.717) is 5.69 Å². The van der Waals surface area contributed by atoms with E-state index in [4.69, 9.17) is 10.5 Å². The minimum Gasteiger partial charge on any atom is -0.396 e. The zero-order valence-corrected chi connectivity index (χ0v) is 10.6. The van der Waals surface area contributed by atoms with E-state index in [1.165, 1.54) is 25.1 Å². The van der Waals surface area contributed by atoms with Crippen molar-refractivity contribution in [2.45, 2.75) is 12.5 Å². The lowest BCUT2D eigenvalue weighted by Gasteiger charge is -2.29. The number of ether oxygens (including phenoxy) is 1. The van der Waals surface area contributed by atoms with Crippen LogP contribution in [0, 0.1) is 11.7 Å². The number of carbonyl (C=O) groups is 1. The first-order valence-electron chi connectivity index (χ1n) is 6.02. The topological polar surface area (TPSA) is 84.6 Å². The number of amides is 1. The highest BCUT2D eigenvalue weighted by molar-refractivity contribution is 5.88. The molecule has 1 aliphatic heterocycles. The van der Waals surface area contributed by atoms with Crippen molar-refractivity contribution in [1.82, 2.24) is 0 Å². The molecule has 0 radical (unpaired) electrons. The second-order valence-corrected chi connectivity index (χ2v) is 4.81. The molecule has 0 spiro atoms. The van der Waals surface area contributed by atoms with Crippen LogP contribution in [0.25, 0.3) is 0 Å². The first-order chi connectivity index (χ1) is 8.97. The second-order valence-electron chi connectivity index (χ2n) is 4.81. The molecule has 1 aliphatic rings. The molecule has 1 aromatic rings. The molecule has 1 heterocycles. The van der Waals surface area contributed by atoms with Gasteiger partial charge in [0.25, 0.3) is 0 Å². The normalized spacial score (nSPS) is 26.4. The maximum Gasteiger partial charge on any atom is 0.221 e. The van der Waals surface area contributed by atoms with Crippen LogP contribution in [0.5, 0.6) is 0 Å². The van der Waals surface area contributed by atoms with Crippen molar-refractivity contribution >= 4 is 11.6 Å². The molecule has 2 rings (SSSR count). The smallest absolute Gasteiger partial charge is 0.221 e. The first kappa shape index (κ1) is 13.9. The van der Waals surface area contributed by atoms with E-state index in [2.05, 4.69) is 5.32 Å². The zero-order valence-electron chi connectivity index (χ0n) is 10.6. The lowest BCUT2D eigenvalue weighted by atomic mass is 9.81. The van der Waals surface area contributed by atoms with Crippen molar-refractivity contribution in [3.8, 4) is 0 Å². The highest BCUT2D eigenvalue weighted by Gasteiger charge is 2.43. The minimum absolute atomic E-state index is 0.138. The summed E-state index contributed by atoms with van der Waals surface area (Å²) in [4.78, 5) is 11.0. The largest absolute Gasteiger partial charge is 0.396 e. The van der Waals surface area contributed by atoms with Gasteiger partial charge in [-0.2, -0.15) is 0 Å². The summed E-state index contributed by atoms with van der Waals surface area (Å²) in [6.45, 7) is 1.62. The molecule has 104 valence electrons. The van der Waals surface area contributed by atoms with Crippen LogP contribution in [-0.2, 0) is 15.1 Å². The number of halogens is 1. The molecule has 0 aromatic heterocycles. The van der Waals surface area contributed by atoms with Crippen LogP contribution in [-0.4, -0.2) is 30.8 Å². The van der Waals surface area contributed by atoms with Gasteiger partial charge in [0.05, 0.1) is 25.4 Å². The molecule has 1 aromatic carbocycles. The predicted octanol–water partition coefficient (Wildman–Crippen LogP) is 0.577. The molecular weight excluding hydrogens is 251 g/mol. The average molecular weight is 268 g/mol. The second kappa shape index (κ2) is 5.24. The first-order valence-corrected chi connectivity index (χ1v) is 6.02. The minimum atomic E-state index is -1.08. The Morgan fingerprint density at radius 1 is 1.68 bits per heavy atom. The Kier molecular flexibility index (Phi) is 3.84. The van der Waals surface area contributed by atoms with Gasteiger partial charge in [0.15, 0.2) is 0 Å². The number of nitrogens with two attached hydrogens (primary N) is 1. The predicted molar refractivity (Wildman–Crippen MR) is 68.0 cm³/mol. The summed E-state index contributed by atoms with van der Waals surface area (Å²) in [5.41, 5.74) is 5.84. The lowest BCUT2D eigenvalue weighted by molar-refractivity contribution is -0.114. The van der Waals surface area contributed by atoms with Gasteiger partial charge < -0.3 is 20.9 Å². The third kappa shape index (κ3) is 2.60. The maximum absolute atomic E-state index is 14.0. The number of aliphatic hydroxyl groups excluding tert-OH is 1. The maximum atomic E-state index is 14.0. The standard InChI is InChI=1S/C13H17FN2O3/c1-8(18)16-10-2-3-12(14)11(4-10)13(15)7-19-6-9(13)5-17/h2-4,9,17H,5-7,15H2,1H3,(H,16,18)/t9-,13+/m1/s1. The summed E-state index contributed by atoms with van der Waals surface area (Å²) in [5.74, 6) is -1.08. The van der Waals surface area contributed by atoms with Gasteiger partial charge in [0.2, 0.25) is 5.91 Å². The highest BCUT2D eigenvalue weighted by atomic mass is 19.1. The van der Waals surface area contributed by atoms with Crippen molar-refractivity contribution in [3.63, 3.8) is 0 Å². The number of benzene rings is 1. The third-order valence-electron chi connectivity index (χ3n) is 3.40. The Bertz CT molecular complexity index is 495. The Hall–Kier alpha value is -1.50. The van der Waals surface area contributed by atoms with Crippen molar-refractivity contribution in [2.75, 3.05) is 25.1 Å².